The molecule has 0 radical (unpaired) electrons. The molecule has 0 bridgehead atoms. The summed E-state index contributed by atoms with van der Waals surface area (Å²) in [5.41, 5.74) is -0.0902. The number of piperazine rings is 1. The molecule has 6 nitrogen and oxygen atoms in total. The number of hydrogen-bond acceptors (Lipinski definition) is 4. The molecule has 1 unspecified atom stereocenters. The highest BCUT2D eigenvalue weighted by Crippen LogP contribution is 2.18. The Morgan fingerprint density at radius 3 is 2.38 bits per heavy atom. The molecule has 1 fully saturated rings. The molecule has 1 saturated heterocycles. The summed E-state index contributed by atoms with van der Waals surface area (Å²) in [7, 11) is 0. The van der Waals surface area contributed by atoms with E-state index < -0.39 is 23.7 Å². The van der Waals surface area contributed by atoms with E-state index in [0.717, 1.165) is 6.07 Å². The van der Waals surface area contributed by atoms with Crippen LogP contribution in [0.15, 0.2) is 18.2 Å². The first-order valence-electron chi connectivity index (χ1n) is 6.65. The number of aromatic hydroxyl groups is 1. The van der Waals surface area contributed by atoms with Crippen LogP contribution in [-0.4, -0.2) is 64.1 Å². The number of benzene rings is 1. The molecule has 1 aromatic carbocycles. The van der Waals surface area contributed by atoms with Crippen molar-refractivity contribution >= 4 is 11.9 Å². The number of aliphatic carboxylic acids is 1. The van der Waals surface area contributed by atoms with E-state index in [4.69, 9.17) is 10.2 Å². The number of carboxylic acid groups (broad SMARTS) is 1. The molecule has 1 amide bonds. The van der Waals surface area contributed by atoms with Crippen molar-refractivity contribution in [2.45, 2.75) is 13.0 Å². The second-order valence-corrected chi connectivity index (χ2v) is 5.01. The number of carbonyl (C=O) groups excluding carboxylic acids is 1. The lowest BCUT2D eigenvalue weighted by molar-refractivity contribution is -0.143. The van der Waals surface area contributed by atoms with E-state index in [0.29, 0.717) is 26.2 Å². The van der Waals surface area contributed by atoms with Crippen molar-refractivity contribution in [3.63, 3.8) is 0 Å². The molecule has 1 heterocycles. The zero-order chi connectivity index (χ0) is 15.6. The van der Waals surface area contributed by atoms with Gasteiger partial charge in [-0.15, -0.1) is 0 Å². The fourth-order valence-electron chi connectivity index (χ4n) is 2.32. The molecule has 2 N–H and O–H groups in total. The van der Waals surface area contributed by atoms with Crippen LogP contribution in [0.4, 0.5) is 4.39 Å². The van der Waals surface area contributed by atoms with Gasteiger partial charge >= 0.3 is 5.97 Å². The number of amides is 1. The number of carbonyl (C=O) groups is 2. The average Bonchev–Trinajstić information content (AvgIpc) is 2.46. The Morgan fingerprint density at radius 1 is 1.24 bits per heavy atom. The van der Waals surface area contributed by atoms with Gasteiger partial charge in [0.05, 0.1) is 5.56 Å². The topological polar surface area (TPSA) is 81.1 Å². The maximum Gasteiger partial charge on any atom is 0.320 e. The molecule has 0 aliphatic carbocycles. The molecular formula is C14H17FN2O4. The zero-order valence-corrected chi connectivity index (χ0v) is 11.6. The maximum absolute atomic E-state index is 13.7. The summed E-state index contributed by atoms with van der Waals surface area (Å²) in [6, 6.07) is 2.81. The van der Waals surface area contributed by atoms with E-state index in [1.165, 1.54) is 17.0 Å². The molecule has 21 heavy (non-hydrogen) atoms. The molecule has 1 aliphatic rings. The Bertz CT molecular complexity index is 556. The first-order valence-corrected chi connectivity index (χ1v) is 6.65. The maximum atomic E-state index is 13.7. The Labute approximate surface area is 121 Å². The van der Waals surface area contributed by atoms with E-state index in [2.05, 4.69) is 0 Å². The smallest absolute Gasteiger partial charge is 0.320 e. The fourth-order valence-corrected chi connectivity index (χ4v) is 2.32. The highest BCUT2D eigenvalue weighted by Gasteiger charge is 2.28. The lowest BCUT2D eigenvalue weighted by atomic mass is 10.1. The molecule has 114 valence electrons. The number of halogens is 1. The largest absolute Gasteiger partial charge is 0.508 e. The van der Waals surface area contributed by atoms with Gasteiger partial charge in [0.1, 0.15) is 17.6 Å². The van der Waals surface area contributed by atoms with Crippen LogP contribution in [0, 0.1) is 5.82 Å². The third-order valence-electron chi connectivity index (χ3n) is 3.69. The molecule has 1 atom stereocenters. The minimum Gasteiger partial charge on any atom is -0.508 e. The molecule has 1 aliphatic heterocycles. The van der Waals surface area contributed by atoms with E-state index in [1.54, 1.807) is 11.8 Å². The van der Waals surface area contributed by atoms with Crippen molar-refractivity contribution in [2.24, 2.45) is 0 Å². The van der Waals surface area contributed by atoms with Crippen LogP contribution in [0.1, 0.15) is 17.3 Å². The van der Waals surface area contributed by atoms with E-state index in [1.807, 2.05) is 0 Å². The van der Waals surface area contributed by atoms with Crippen LogP contribution in [0.2, 0.25) is 0 Å². The van der Waals surface area contributed by atoms with Crippen molar-refractivity contribution in [1.29, 1.82) is 0 Å². The van der Waals surface area contributed by atoms with Crippen molar-refractivity contribution in [3.05, 3.63) is 29.6 Å². The van der Waals surface area contributed by atoms with Crippen molar-refractivity contribution in [2.75, 3.05) is 26.2 Å². The SMILES string of the molecule is CC(C(=O)O)N1CCN(C(=O)c2ccc(O)cc2F)CC1. The number of phenols is 1. The van der Waals surface area contributed by atoms with Crippen LogP contribution in [0.25, 0.3) is 0 Å². The summed E-state index contributed by atoms with van der Waals surface area (Å²) in [6.45, 7) is 3.14. The van der Waals surface area contributed by atoms with Crippen LogP contribution >= 0.6 is 0 Å². The van der Waals surface area contributed by atoms with Crippen molar-refractivity contribution in [1.82, 2.24) is 9.80 Å². The number of carboxylic acids is 1. The van der Waals surface area contributed by atoms with E-state index in [-0.39, 0.29) is 11.3 Å². The van der Waals surface area contributed by atoms with Crippen molar-refractivity contribution < 1.29 is 24.2 Å². The summed E-state index contributed by atoms with van der Waals surface area (Å²) in [4.78, 5) is 26.4. The monoisotopic (exact) mass is 296 g/mol. The number of nitrogens with zero attached hydrogens (tertiary/aromatic N) is 2. The minimum atomic E-state index is -0.903. The third kappa shape index (κ3) is 3.30. The van der Waals surface area contributed by atoms with Gasteiger partial charge in [-0.05, 0) is 19.1 Å². The molecule has 0 aromatic heterocycles. The lowest BCUT2D eigenvalue weighted by Gasteiger charge is -2.36. The van der Waals surface area contributed by atoms with Gasteiger partial charge in [-0.3, -0.25) is 14.5 Å². The summed E-state index contributed by atoms with van der Waals surface area (Å²) in [5, 5.41) is 18.1. The van der Waals surface area contributed by atoms with Crippen LogP contribution < -0.4 is 0 Å². The molecular weight excluding hydrogens is 279 g/mol. The molecule has 1 aromatic rings. The van der Waals surface area contributed by atoms with Crippen molar-refractivity contribution in [3.8, 4) is 5.75 Å². The van der Waals surface area contributed by atoms with Gasteiger partial charge in [-0.2, -0.15) is 0 Å². The van der Waals surface area contributed by atoms with Gasteiger partial charge in [0.15, 0.2) is 0 Å². The van der Waals surface area contributed by atoms with E-state index >= 15 is 0 Å². The number of rotatable bonds is 3. The highest BCUT2D eigenvalue weighted by atomic mass is 19.1. The second kappa shape index (κ2) is 6.09. The Balaban J connectivity index is 2.02. The lowest BCUT2D eigenvalue weighted by Crippen LogP contribution is -2.53. The quantitative estimate of drug-likeness (QED) is 0.861. The first-order chi connectivity index (χ1) is 9.90. The Hall–Kier alpha value is -2.15. The Kier molecular flexibility index (Phi) is 4.42. The van der Waals surface area contributed by atoms with Gasteiger partial charge in [-0.25, -0.2) is 4.39 Å². The van der Waals surface area contributed by atoms with Crippen LogP contribution in [-0.2, 0) is 4.79 Å². The minimum absolute atomic E-state index is 0.0902. The summed E-state index contributed by atoms with van der Waals surface area (Å²) in [6.07, 6.45) is 0. The zero-order valence-electron chi connectivity index (χ0n) is 11.6. The molecule has 0 saturated carbocycles. The molecule has 7 heteroatoms. The summed E-state index contributed by atoms with van der Waals surface area (Å²) >= 11 is 0. The van der Waals surface area contributed by atoms with Crippen LogP contribution in [0.3, 0.4) is 0 Å². The first kappa shape index (κ1) is 15.2. The van der Waals surface area contributed by atoms with Gasteiger partial charge in [0.25, 0.3) is 5.91 Å². The predicted octanol–water partition coefficient (Wildman–Crippen LogP) is 0.762. The normalized spacial score (nSPS) is 17.5. The highest BCUT2D eigenvalue weighted by molar-refractivity contribution is 5.94. The van der Waals surface area contributed by atoms with Gasteiger partial charge < -0.3 is 15.1 Å². The number of hydrogen-bond donors (Lipinski definition) is 2. The van der Waals surface area contributed by atoms with Gasteiger partial charge in [0, 0.05) is 32.2 Å². The number of phenolic OH excluding ortho intramolecular Hbond substituents is 1. The Morgan fingerprint density at radius 2 is 1.86 bits per heavy atom. The third-order valence-corrected chi connectivity index (χ3v) is 3.69. The fraction of sp³-hybridized carbons (Fsp3) is 0.429. The van der Waals surface area contributed by atoms with Gasteiger partial charge in [-0.1, -0.05) is 0 Å². The summed E-state index contributed by atoms with van der Waals surface area (Å²) < 4.78 is 13.7. The summed E-state index contributed by atoms with van der Waals surface area (Å²) in [5.74, 6) is -2.35. The molecule has 2 rings (SSSR count). The standard InChI is InChI=1S/C14H17FN2O4/c1-9(14(20)21)16-4-6-17(7-5-16)13(19)11-3-2-10(18)8-12(11)15/h2-3,8-9,18H,4-7H2,1H3,(H,20,21). The molecule has 0 spiro atoms. The second-order valence-electron chi connectivity index (χ2n) is 5.01. The predicted molar refractivity (Wildman–Crippen MR) is 72.6 cm³/mol. The van der Waals surface area contributed by atoms with E-state index in [9.17, 15) is 14.0 Å². The van der Waals surface area contributed by atoms with Crippen LogP contribution in [0.5, 0.6) is 5.75 Å². The van der Waals surface area contributed by atoms with Gasteiger partial charge in [0.2, 0.25) is 0 Å². The average molecular weight is 296 g/mol.